The monoisotopic (exact) mass is 401 g/mol. The molecule has 0 aliphatic carbocycles. The zero-order valence-corrected chi connectivity index (χ0v) is 17.3. The lowest BCUT2D eigenvalue weighted by atomic mass is 9.92. The van der Waals surface area contributed by atoms with Gasteiger partial charge in [0.15, 0.2) is 9.84 Å². The lowest BCUT2D eigenvalue weighted by Crippen LogP contribution is -2.22. The van der Waals surface area contributed by atoms with Crippen molar-refractivity contribution < 1.29 is 22.7 Å². The van der Waals surface area contributed by atoms with Gasteiger partial charge in [0.25, 0.3) is 0 Å². The first-order valence-electron chi connectivity index (χ1n) is 8.91. The van der Waals surface area contributed by atoms with Crippen molar-refractivity contribution in [3.8, 4) is 5.75 Å². The maximum Gasteiger partial charge on any atom is 0.375 e. The lowest BCUT2D eigenvalue weighted by Gasteiger charge is -2.21. The Morgan fingerprint density at radius 3 is 2.21 bits per heavy atom. The van der Waals surface area contributed by atoms with E-state index in [1.807, 2.05) is 19.9 Å². The second-order valence-electron chi connectivity index (χ2n) is 7.58. The van der Waals surface area contributed by atoms with Gasteiger partial charge in [0.1, 0.15) is 11.4 Å². The normalized spacial score (nSPS) is 16.4. The molecule has 148 valence electrons. The van der Waals surface area contributed by atoms with E-state index in [0.717, 1.165) is 11.9 Å². The molecule has 0 saturated heterocycles. The minimum absolute atomic E-state index is 0.0798. The number of hydrogen-bond donors (Lipinski definition) is 0. The average molecular weight is 401 g/mol. The first-order chi connectivity index (χ1) is 13.0. The Morgan fingerprint density at radius 1 is 1.07 bits per heavy atom. The average Bonchev–Trinajstić information content (AvgIpc) is 2.83. The highest BCUT2D eigenvalue weighted by atomic mass is 32.2. The molecule has 0 fully saturated rings. The maximum absolute atomic E-state index is 12.5. The van der Waals surface area contributed by atoms with Crippen molar-refractivity contribution >= 4 is 21.4 Å². The Balaban J connectivity index is 2.02. The van der Waals surface area contributed by atoms with Crippen molar-refractivity contribution in [3.05, 3.63) is 59.6 Å². The van der Waals surface area contributed by atoms with E-state index in [0.29, 0.717) is 16.9 Å². The largest absolute Gasteiger partial charge is 0.449 e. The zero-order valence-electron chi connectivity index (χ0n) is 16.5. The van der Waals surface area contributed by atoms with Crippen molar-refractivity contribution in [2.75, 3.05) is 6.26 Å². The minimum atomic E-state index is -3.31. The Bertz CT molecular complexity index is 1030. The maximum atomic E-state index is 12.5. The van der Waals surface area contributed by atoms with Gasteiger partial charge in [-0.2, -0.15) is 0 Å². The van der Waals surface area contributed by atoms with E-state index in [4.69, 9.17) is 9.47 Å². The molecular weight excluding hydrogens is 378 g/mol. The van der Waals surface area contributed by atoms with E-state index in [9.17, 15) is 13.2 Å². The third-order valence-corrected chi connectivity index (χ3v) is 5.63. The van der Waals surface area contributed by atoms with E-state index in [2.05, 4.69) is 4.98 Å². The van der Waals surface area contributed by atoms with Gasteiger partial charge in [0.2, 0.25) is 5.76 Å². The van der Waals surface area contributed by atoms with Gasteiger partial charge in [-0.15, -0.1) is 0 Å². The second-order valence-corrected chi connectivity index (χ2v) is 9.59. The van der Waals surface area contributed by atoms with Gasteiger partial charge in [0.05, 0.1) is 16.7 Å². The first-order valence-corrected chi connectivity index (χ1v) is 10.8. The molecule has 0 amide bonds. The number of cyclic esters (lactones) is 1. The van der Waals surface area contributed by atoms with Crippen molar-refractivity contribution in [1.82, 2.24) is 4.98 Å². The summed E-state index contributed by atoms with van der Waals surface area (Å²) in [5, 5.41) is 0. The van der Waals surface area contributed by atoms with Gasteiger partial charge in [-0.25, -0.2) is 13.2 Å². The Hall–Kier alpha value is -2.67. The molecule has 0 radical (unpaired) electrons. The standard InChI is InChI=1S/C21H23NO5S/c1-13(2)17-11-8-15(12-22-17)26-19-18(21(3,4)27-20(19)23)14-6-9-16(10-7-14)28(5,24)25/h6-13H,1-5H3. The third-order valence-electron chi connectivity index (χ3n) is 4.50. The van der Waals surface area contributed by atoms with E-state index in [1.165, 1.54) is 12.1 Å². The molecule has 0 N–H and O–H groups in total. The SMILES string of the molecule is CC(C)c1ccc(OC2=C(c3ccc(S(C)(=O)=O)cc3)C(C)(C)OC2=O)cn1. The van der Waals surface area contributed by atoms with Crippen LogP contribution in [0.1, 0.15) is 44.9 Å². The zero-order chi connectivity index (χ0) is 20.7. The van der Waals surface area contributed by atoms with Gasteiger partial charge in [-0.1, -0.05) is 26.0 Å². The summed E-state index contributed by atoms with van der Waals surface area (Å²) in [6.45, 7) is 7.61. The van der Waals surface area contributed by atoms with E-state index in [1.54, 1.807) is 38.2 Å². The van der Waals surface area contributed by atoms with Crippen LogP contribution in [0.4, 0.5) is 0 Å². The van der Waals surface area contributed by atoms with Gasteiger partial charge >= 0.3 is 5.97 Å². The molecule has 0 unspecified atom stereocenters. The van der Waals surface area contributed by atoms with Gasteiger partial charge in [-0.3, -0.25) is 4.98 Å². The topological polar surface area (TPSA) is 82.6 Å². The highest BCUT2D eigenvalue weighted by Gasteiger charge is 2.43. The molecule has 28 heavy (non-hydrogen) atoms. The number of sulfone groups is 1. The number of rotatable bonds is 5. The molecule has 0 spiro atoms. The minimum Gasteiger partial charge on any atom is -0.449 e. The molecule has 0 atom stereocenters. The van der Waals surface area contributed by atoms with E-state index >= 15 is 0 Å². The molecule has 6 nitrogen and oxygen atoms in total. The molecule has 3 rings (SSSR count). The van der Waals surface area contributed by atoms with Crippen LogP contribution in [0.3, 0.4) is 0 Å². The summed E-state index contributed by atoms with van der Waals surface area (Å²) in [7, 11) is -3.31. The van der Waals surface area contributed by atoms with Crippen molar-refractivity contribution in [1.29, 1.82) is 0 Å². The summed E-state index contributed by atoms with van der Waals surface area (Å²) in [5.74, 6) is 0.225. The quantitative estimate of drug-likeness (QED) is 0.710. The highest BCUT2D eigenvalue weighted by molar-refractivity contribution is 7.90. The summed E-state index contributed by atoms with van der Waals surface area (Å²) >= 11 is 0. The van der Waals surface area contributed by atoms with E-state index < -0.39 is 21.4 Å². The van der Waals surface area contributed by atoms with Crippen LogP contribution >= 0.6 is 0 Å². The van der Waals surface area contributed by atoms with Gasteiger partial charge in [0, 0.05) is 11.9 Å². The molecule has 7 heteroatoms. The molecule has 1 aromatic carbocycles. The molecular formula is C21H23NO5S. The van der Waals surface area contributed by atoms with Crippen LogP contribution in [-0.2, 0) is 19.4 Å². The van der Waals surface area contributed by atoms with Crippen molar-refractivity contribution in [3.63, 3.8) is 0 Å². The van der Waals surface area contributed by atoms with Crippen LogP contribution in [0, 0.1) is 0 Å². The number of esters is 1. The number of carbonyl (C=O) groups is 1. The van der Waals surface area contributed by atoms with Gasteiger partial charge in [-0.05, 0) is 49.6 Å². The van der Waals surface area contributed by atoms with Crippen molar-refractivity contribution in [2.45, 2.75) is 44.1 Å². The fraction of sp³-hybridized carbons (Fsp3) is 0.333. The molecule has 0 bridgehead atoms. The summed E-state index contributed by atoms with van der Waals surface area (Å²) in [6, 6.07) is 9.93. The van der Waals surface area contributed by atoms with Crippen LogP contribution in [0.25, 0.3) is 5.57 Å². The molecule has 2 heterocycles. The van der Waals surface area contributed by atoms with Crippen LogP contribution in [-0.4, -0.2) is 31.2 Å². The summed E-state index contributed by atoms with van der Waals surface area (Å²) in [5.41, 5.74) is 1.23. The molecule has 1 aliphatic heterocycles. The van der Waals surface area contributed by atoms with Crippen molar-refractivity contribution in [2.24, 2.45) is 0 Å². The summed E-state index contributed by atoms with van der Waals surface area (Å²) < 4.78 is 34.7. The van der Waals surface area contributed by atoms with Crippen LogP contribution in [0.15, 0.2) is 53.2 Å². The lowest BCUT2D eigenvalue weighted by molar-refractivity contribution is -0.145. The first kappa shape index (κ1) is 20.1. The molecule has 1 aromatic heterocycles. The molecule has 0 saturated carbocycles. The summed E-state index contributed by atoms with van der Waals surface area (Å²) in [4.78, 5) is 17.0. The van der Waals surface area contributed by atoms with Crippen LogP contribution in [0.5, 0.6) is 5.75 Å². The predicted octanol–water partition coefficient (Wildman–Crippen LogP) is 3.73. The van der Waals surface area contributed by atoms with Crippen LogP contribution < -0.4 is 4.74 Å². The number of benzene rings is 1. The van der Waals surface area contributed by atoms with Crippen LogP contribution in [0.2, 0.25) is 0 Å². The fourth-order valence-corrected chi connectivity index (χ4v) is 3.69. The molecule has 2 aromatic rings. The Morgan fingerprint density at radius 2 is 1.71 bits per heavy atom. The van der Waals surface area contributed by atoms with Gasteiger partial charge < -0.3 is 9.47 Å². The number of aromatic nitrogens is 1. The second kappa shape index (κ2) is 7.05. The Kier molecular flexibility index (Phi) is 5.06. The summed E-state index contributed by atoms with van der Waals surface area (Å²) in [6.07, 6.45) is 2.72. The molecule has 1 aliphatic rings. The smallest absolute Gasteiger partial charge is 0.375 e. The third kappa shape index (κ3) is 3.94. The predicted molar refractivity (Wildman–Crippen MR) is 106 cm³/mol. The number of ether oxygens (including phenoxy) is 2. The number of nitrogens with zero attached hydrogens (tertiary/aromatic N) is 1. The van der Waals surface area contributed by atoms with E-state index in [-0.39, 0.29) is 16.6 Å². The number of carbonyl (C=O) groups excluding carboxylic acids is 1. The Labute approximate surface area is 165 Å². The number of pyridine rings is 1. The highest BCUT2D eigenvalue weighted by Crippen LogP contribution is 2.40. The number of hydrogen-bond acceptors (Lipinski definition) is 6. The fourth-order valence-electron chi connectivity index (χ4n) is 3.06.